The number of esters is 1. The van der Waals surface area contributed by atoms with Gasteiger partial charge in [0.15, 0.2) is 6.61 Å². The number of amides is 1. The Morgan fingerprint density at radius 1 is 1.42 bits per heavy atom. The summed E-state index contributed by atoms with van der Waals surface area (Å²) in [6.45, 7) is 1.67. The number of carbonyl (C=O) groups excluding carboxylic acids is 2. The van der Waals surface area contributed by atoms with Crippen LogP contribution in [0.1, 0.15) is 13.3 Å². The van der Waals surface area contributed by atoms with E-state index < -0.39 is 5.91 Å². The van der Waals surface area contributed by atoms with E-state index in [1.165, 1.54) is 6.07 Å². The molecule has 1 aliphatic rings. The molecule has 19 heavy (non-hydrogen) atoms. The van der Waals surface area contributed by atoms with Gasteiger partial charge in [-0.2, -0.15) is 0 Å². The van der Waals surface area contributed by atoms with Crippen molar-refractivity contribution in [2.75, 3.05) is 11.9 Å². The minimum atomic E-state index is -0.425. The lowest BCUT2D eigenvalue weighted by Crippen LogP contribution is -2.21. The van der Waals surface area contributed by atoms with Gasteiger partial charge in [0.2, 0.25) is 0 Å². The number of benzene rings is 1. The van der Waals surface area contributed by atoms with E-state index in [1.54, 1.807) is 12.1 Å². The van der Waals surface area contributed by atoms with Crippen molar-refractivity contribution < 1.29 is 14.3 Å². The molecule has 1 aliphatic carbocycles. The summed E-state index contributed by atoms with van der Waals surface area (Å²) in [7, 11) is 0. The van der Waals surface area contributed by atoms with Crippen LogP contribution in [0.4, 0.5) is 5.69 Å². The van der Waals surface area contributed by atoms with Gasteiger partial charge in [-0.25, -0.2) is 0 Å². The van der Waals surface area contributed by atoms with Crippen LogP contribution in [0.25, 0.3) is 0 Å². The van der Waals surface area contributed by atoms with Crippen LogP contribution in [0.3, 0.4) is 0 Å². The molecule has 0 aromatic heterocycles. The summed E-state index contributed by atoms with van der Waals surface area (Å²) in [5, 5.41) is 3.38. The number of carbonyl (C=O) groups is 2. The first-order valence-electron chi connectivity index (χ1n) is 5.89. The van der Waals surface area contributed by atoms with Crippen molar-refractivity contribution in [3.8, 4) is 0 Å². The average molecular weight is 302 g/mol. The largest absolute Gasteiger partial charge is 0.455 e. The third-order valence-corrected chi connectivity index (χ3v) is 3.51. The number of rotatable bonds is 4. The molecule has 0 heterocycles. The van der Waals surface area contributed by atoms with Gasteiger partial charge in [0.1, 0.15) is 0 Å². The Balaban J connectivity index is 1.82. The third kappa shape index (κ3) is 3.85. The molecule has 1 fully saturated rings. The molecule has 2 rings (SSSR count). The van der Waals surface area contributed by atoms with E-state index in [2.05, 4.69) is 5.32 Å². The lowest BCUT2D eigenvalue weighted by Gasteiger charge is -2.08. The highest BCUT2D eigenvalue weighted by Crippen LogP contribution is 2.38. The Labute approximate surface area is 121 Å². The standard InChI is InChI=1S/C13H13Cl2NO3/c1-7-4-9(7)13(18)19-6-12(17)16-11-3-2-8(14)5-10(11)15/h2-3,5,7,9H,4,6H2,1H3,(H,16,17)/t7-,9-/m0/s1. The zero-order valence-corrected chi connectivity index (χ0v) is 11.8. The highest BCUT2D eigenvalue weighted by Gasteiger charge is 2.40. The van der Waals surface area contributed by atoms with Crippen LogP contribution in [0.5, 0.6) is 0 Å². The van der Waals surface area contributed by atoms with Crippen LogP contribution in [-0.4, -0.2) is 18.5 Å². The van der Waals surface area contributed by atoms with E-state index in [9.17, 15) is 9.59 Å². The monoisotopic (exact) mass is 301 g/mol. The Morgan fingerprint density at radius 2 is 2.11 bits per heavy atom. The van der Waals surface area contributed by atoms with Gasteiger partial charge in [0.05, 0.1) is 16.6 Å². The number of halogens is 2. The fourth-order valence-corrected chi connectivity index (χ4v) is 2.13. The fraction of sp³-hybridized carbons (Fsp3) is 0.385. The van der Waals surface area contributed by atoms with Gasteiger partial charge >= 0.3 is 5.97 Å². The van der Waals surface area contributed by atoms with Gasteiger partial charge in [0.25, 0.3) is 5.91 Å². The Hall–Kier alpha value is -1.26. The molecule has 0 bridgehead atoms. The number of anilines is 1. The number of ether oxygens (including phenoxy) is 1. The smallest absolute Gasteiger partial charge is 0.309 e. The highest BCUT2D eigenvalue weighted by molar-refractivity contribution is 6.36. The zero-order chi connectivity index (χ0) is 14.0. The van der Waals surface area contributed by atoms with E-state index in [-0.39, 0.29) is 18.5 Å². The van der Waals surface area contributed by atoms with Crippen molar-refractivity contribution in [2.24, 2.45) is 11.8 Å². The Kier molecular flexibility index (Phi) is 4.32. The van der Waals surface area contributed by atoms with E-state index in [1.807, 2.05) is 6.92 Å². The van der Waals surface area contributed by atoms with Gasteiger partial charge < -0.3 is 10.1 Å². The minimum Gasteiger partial charge on any atom is -0.455 e. The molecule has 1 N–H and O–H groups in total. The van der Waals surface area contributed by atoms with Crippen LogP contribution >= 0.6 is 23.2 Å². The SMILES string of the molecule is C[C@H]1C[C@@H]1C(=O)OCC(=O)Nc1ccc(Cl)cc1Cl. The van der Waals surface area contributed by atoms with Crippen LogP contribution in [-0.2, 0) is 14.3 Å². The van der Waals surface area contributed by atoms with E-state index in [0.717, 1.165) is 6.42 Å². The second-order valence-corrected chi connectivity index (χ2v) is 5.44. The van der Waals surface area contributed by atoms with Crippen molar-refractivity contribution in [3.63, 3.8) is 0 Å². The van der Waals surface area contributed by atoms with Crippen molar-refractivity contribution >= 4 is 40.8 Å². The van der Waals surface area contributed by atoms with Crippen molar-refractivity contribution in [1.82, 2.24) is 0 Å². The molecule has 1 saturated carbocycles. The molecule has 1 aromatic carbocycles. The summed E-state index contributed by atoms with van der Waals surface area (Å²) >= 11 is 11.7. The van der Waals surface area contributed by atoms with E-state index >= 15 is 0 Å². The Morgan fingerprint density at radius 3 is 2.68 bits per heavy atom. The Bertz CT molecular complexity index is 519. The van der Waals surface area contributed by atoms with Crippen molar-refractivity contribution in [3.05, 3.63) is 28.2 Å². The van der Waals surface area contributed by atoms with Gasteiger partial charge in [-0.3, -0.25) is 9.59 Å². The summed E-state index contributed by atoms with van der Waals surface area (Å²) in [5.74, 6) is -0.427. The summed E-state index contributed by atoms with van der Waals surface area (Å²) in [4.78, 5) is 23.0. The molecule has 0 aliphatic heterocycles. The summed E-state index contributed by atoms with van der Waals surface area (Å²) < 4.78 is 4.91. The second-order valence-electron chi connectivity index (χ2n) is 4.60. The lowest BCUT2D eigenvalue weighted by molar-refractivity contribution is -0.148. The molecule has 1 amide bonds. The van der Waals surface area contributed by atoms with Gasteiger partial charge in [-0.1, -0.05) is 30.1 Å². The molecule has 0 radical (unpaired) electrons. The first-order valence-corrected chi connectivity index (χ1v) is 6.64. The predicted octanol–water partition coefficient (Wildman–Crippen LogP) is 3.13. The van der Waals surface area contributed by atoms with Crippen molar-refractivity contribution in [1.29, 1.82) is 0 Å². The van der Waals surface area contributed by atoms with E-state index in [4.69, 9.17) is 27.9 Å². The quantitative estimate of drug-likeness (QED) is 0.869. The molecule has 4 nitrogen and oxygen atoms in total. The maximum atomic E-state index is 11.6. The minimum absolute atomic E-state index is 0.0491. The first kappa shape index (κ1) is 14.2. The molecule has 0 unspecified atom stereocenters. The molecule has 2 atom stereocenters. The summed E-state index contributed by atoms with van der Waals surface area (Å²) in [6, 6.07) is 4.73. The van der Waals surface area contributed by atoms with Gasteiger partial charge in [-0.05, 0) is 30.5 Å². The zero-order valence-electron chi connectivity index (χ0n) is 10.3. The number of hydrogen-bond donors (Lipinski definition) is 1. The lowest BCUT2D eigenvalue weighted by atomic mass is 10.3. The molecule has 102 valence electrons. The van der Waals surface area contributed by atoms with Gasteiger partial charge in [-0.15, -0.1) is 0 Å². The molecular formula is C13H13Cl2NO3. The van der Waals surface area contributed by atoms with Crippen LogP contribution in [0, 0.1) is 11.8 Å². The summed E-state index contributed by atoms with van der Waals surface area (Å²) in [6.07, 6.45) is 0.837. The van der Waals surface area contributed by atoms with Crippen molar-refractivity contribution in [2.45, 2.75) is 13.3 Å². The van der Waals surface area contributed by atoms with Gasteiger partial charge in [0, 0.05) is 5.02 Å². The maximum absolute atomic E-state index is 11.6. The van der Waals surface area contributed by atoms with E-state index in [0.29, 0.717) is 21.7 Å². The molecular weight excluding hydrogens is 289 g/mol. The second kappa shape index (κ2) is 5.80. The van der Waals surface area contributed by atoms with Crippen LogP contribution in [0.2, 0.25) is 10.0 Å². The molecule has 1 aromatic rings. The number of nitrogens with one attached hydrogen (secondary N) is 1. The summed E-state index contributed by atoms with van der Waals surface area (Å²) in [5.41, 5.74) is 0.437. The van der Waals surface area contributed by atoms with Crippen LogP contribution < -0.4 is 5.32 Å². The molecule has 0 spiro atoms. The predicted molar refractivity (Wildman–Crippen MR) is 73.3 cm³/mol. The average Bonchev–Trinajstić information content (AvgIpc) is 3.07. The maximum Gasteiger partial charge on any atom is 0.309 e. The first-order chi connectivity index (χ1) is 8.97. The third-order valence-electron chi connectivity index (χ3n) is 2.96. The number of hydrogen-bond acceptors (Lipinski definition) is 3. The topological polar surface area (TPSA) is 55.4 Å². The highest BCUT2D eigenvalue weighted by atomic mass is 35.5. The van der Waals surface area contributed by atoms with Crippen LogP contribution in [0.15, 0.2) is 18.2 Å². The molecule has 0 saturated heterocycles. The molecule has 6 heteroatoms. The fourth-order valence-electron chi connectivity index (χ4n) is 1.67. The normalized spacial score (nSPS) is 20.8.